The first kappa shape index (κ1) is 18.9. The predicted molar refractivity (Wildman–Crippen MR) is 93.8 cm³/mol. The number of aliphatic hydroxyl groups excluding tert-OH is 1. The summed E-state index contributed by atoms with van der Waals surface area (Å²) in [5.74, 6) is -2.72. The molecular formula is C19H23ClO7. The molecule has 27 heavy (non-hydrogen) atoms. The van der Waals surface area contributed by atoms with E-state index in [0.717, 1.165) is 5.57 Å². The van der Waals surface area contributed by atoms with Crippen LogP contribution in [0, 0.1) is 17.8 Å². The summed E-state index contributed by atoms with van der Waals surface area (Å²) in [4.78, 5) is 24.7. The van der Waals surface area contributed by atoms with Gasteiger partial charge in [0, 0.05) is 17.9 Å². The van der Waals surface area contributed by atoms with Crippen LogP contribution in [0.25, 0.3) is 0 Å². The monoisotopic (exact) mass is 398 g/mol. The van der Waals surface area contributed by atoms with Crippen LogP contribution in [0.3, 0.4) is 0 Å². The SMILES string of the molecule is C=C1C(=O)O[C@H]2[C@H]1[C@@H](OC(=O)[C@@](C)(O)CCl)CC(=C)[C@@H]1C[C@H](O)[C@@]3(CO3)[C@H]21. The lowest BCUT2D eigenvalue weighted by atomic mass is 9.78. The van der Waals surface area contributed by atoms with E-state index in [0.29, 0.717) is 13.0 Å². The third-order valence-corrected chi connectivity index (χ3v) is 7.00. The summed E-state index contributed by atoms with van der Waals surface area (Å²) in [6, 6.07) is 0. The van der Waals surface area contributed by atoms with Gasteiger partial charge in [-0.2, -0.15) is 0 Å². The fourth-order valence-electron chi connectivity index (χ4n) is 4.86. The molecule has 148 valence electrons. The number of carbonyl (C=O) groups is 2. The van der Waals surface area contributed by atoms with Gasteiger partial charge in [-0.3, -0.25) is 0 Å². The van der Waals surface area contributed by atoms with E-state index in [1.54, 1.807) is 0 Å². The third kappa shape index (κ3) is 2.67. The molecule has 0 unspecified atom stereocenters. The topological polar surface area (TPSA) is 106 Å². The lowest BCUT2D eigenvalue weighted by molar-refractivity contribution is -0.170. The Balaban J connectivity index is 1.69. The molecule has 7 nitrogen and oxygen atoms in total. The first-order valence-corrected chi connectivity index (χ1v) is 9.54. The molecule has 4 rings (SSSR count). The van der Waals surface area contributed by atoms with E-state index in [-0.39, 0.29) is 29.7 Å². The minimum atomic E-state index is -1.84. The summed E-state index contributed by atoms with van der Waals surface area (Å²) in [5, 5.41) is 20.6. The highest BCUT2D eigenvalue weighted by atomic mass is 35.5. The summed E-state index contributed by atoms with van der Waals surface area (Å²) in [6.07, 6.45) is -1.31. The van der Waals surface area contributed by atoms with E-state index < -0.39 is 47.4 Å². The van der Waals surface area contributed by atoms with Crippen molar-refractivity contribution in [2.45, 2.75) is 49.3 Å². The first-order valence-electron chi connectivity index (χ1n) is 9.01. The minimum Gasteiger partial charge on any atom is -0.459 e. The van der Waals surface area contributed by atoms with Gasteiger partial charge < -0.3 is 24.4 Å². The summed E-state index contributed by atoms with van der Waals surface area (Å²) >= 11 is 5.66. The van der Waals surface area contributed by atoms with Crippen LogP contribution in [0.2, 0.25) is 0 Å². The highest BCUT2D eigenvalue weighted by molar-refractivity contribution is 6.20. The smallest absolute Gasteiger partial charge is 0.339 e. The average molecular weight is 399 g/mol. The second kappa shape index (κ2) is 6.04. The van der Waals surface area contributed by atoms with Gasteiger partial charge >= 0.3 is 11.9 Å². The van der Waals surface area contributed by atoms with Crippen LogP contribution in [0.15, 0.2) is 24.3 Å². The molecule has 2 aliphatic carbocycles. The maximum atomic E-state index is 12.4. The largest absolute Gasteiger partial charge is 0.459 e. The second-order valence-electron chi connectivity index (χ2n) is 8.26. The number of hydrogen-bond donors (Lipinski definition) is 2. The lowest BCUT2D eigenvalue weighted by Crippen LogP contribution is -2.45. The summed E-state index contributed by atoms with van der Waals surface area (Å²) in [7, 11) is 0. The Morgan fingerprint density at radius 2 is 2.15 bits per heavy atom. The van der Waals surface area contributed by atoms with Crippen molar-refractivity contribution in [2.75, 3.05) is 12.5 Å². The number of rotatable bonds is 3. The zero-order valence-electron chi connectivity index (χ0n) is 15.0. The van der Waals surface area contributed by atoms with Crippen LogP contribution in [-0.4, -0.2) is 64.2 Å². The van der Waals surface area contributed by atoms with Crippen LogP contribution in [0.5, 0.6) is 0 Å². The van der Waals surface area contributed by atoms with Crippen LogP contribution < -0.4 is 0 Å². The van der Waals surface area contributed by atoms with E-state index in [2.05, 4.69) is 13.2 Å². The van der Waals surface area contributed by atoms with Crippen molar-refractivity contribution in [3.05, 3.63) is 24.3 Å². The summed E-state index contributed by atoms with van der Waals surface area (Å²) in [5.41, 5.74) is -1.58. The first-order chi connectivity index (χ1) is 12.6. The number of carbonyl (C=O) groups excluding carboxylic acids is 2. The Hall–Kier alpha value is -1.41. The van der Waals surface area contributed by atoms with Gasteiger partial charge in [-0.25, -0.2) is 9.59 Å². The highest BCUT2D eigenvalue weighted by Crippen LogP contribution is 2.60. The molecule has 2 aliphatic heterocycles. The fourth-order valence-corrected chi connectivity index (χ4v) is 4.96. The van der Waals surface area contributed by atoms with Crippen LogP contribution in [0.1, 0.15) is 19.8 Å². The summed E-state index contributed by atoms with van der Waals surface area (Å²) in [6.45, 7) is 9.64. The molecule has 2 saturated heterocycles. The zero-order valence-corrected chi connectivity index (χ0v) is 15.8. The lowest BCUT2D eigenvalue weighted by Gasteiger charge is -2.31. The number of aliphatic hydroxyl groups is 2. The number of epoxide rings is 1. The van der Waals surface area contributed by atoms with Gasteiger partial charge in [0.25, 0.3) is 0 Å². The molecule has 0 aromatic heterocycles. The molecule has 8 atom stereocenters. The Morgan fingerprint density at radius 3 is 2.74 bits per heavy atom. The average Bonchev–Trinajstić information content (AvgIpc) is 3.29. The molecule has 8 heteroatoms. The number of halogens is 1. The summed E-state index contributed by atoms with van der Waals surface area (Å²) < 4.78 is 16.8. The number of ether oxygens (including phenoxy) is 3. The molecule has 2 N–H and O–H groups in total. The van der Waals surface area contributed by atoms with E-state index in [1.807, 2.05) is 0 Å². The van der Waals surface area contributed by atoms with Crippen molar-refractivity contribution in [1.29, 1.82) is 0 Å². The van der Waals surface area contributed by atoms with Crippen molar-refractivity contribution in [1.82, 2.24) is 0 Å². The van der Waals surface area contributed by atoms with Gasteiger partial charge in [-0.15, -0.1) is 11.6 Å². The number of hydrogen-bond acceptors (Lipinski definition) is 7. The molecule has 0 bridgehead atoms. The highest BCUT2D eigenvalue weighted by Gasteiger charge is 2.71. The molecule has 1 spiro atoms. The van der Waals surface area contributed by atoms with Crippen LogP contribution >= 0.6 is 11.6 Å². The van der Waals surface area contributed by atoms with Gasteiger partial charge in [0.05, 0.1) is 24.5 Å². The van der Waals surface area contributed by atoms with E-state index >= 15 is 0 Å². The molecule has 4 aliphatic rings. The van der Waals surface area contributed by atoms with Crippen molar-refractivity contribution >= 4 is 23.5 Å². The maximum Gasteiger partial charge on any atom is 0.339 e. The van der Waals surface area contributed by atoms with E-state index in [9.17, 15) is 19.8 Å². The number of alkyl halides is 1. The quantitative estimate of drug-likeness (QED) is 0.237. The van der Waals surface area contributed by atoms with E-state index in [1.165, 1.54) is 6.92 Å². The van der Waals surface area contributed by atoms with Crippen molar-refractivity contribution in [3.8, 4) is 0 Å². The molecular weight excluding hydrogens is 376 g/mol. The standard InChI is InChI=1S/C19H23ClO7/c1-8-4-11(26-17(23)18(3,24)6-20)13-9(2)16(22)27-15(13)14-10(8)5-12(21)19(14)7-25-19/h10-15,21,24H,1-2,4-7H2,3H3/t10-,11-,12-,13+,14-,15-,18-,19-/m0/s1. The van der Waals surface area contributed by atoms with Gasteiger partial charge in [0.2, 0.25) is 0 Å². The Bertz CT molecular complexity index is 726. The molecule has 2 saturated carbocycles. The van der Waals surface area contributed by atoms with Crippen molar-refractivity contribution in [2.24, 2.45) is 17.8 Å². The van der Waals surface area contributed by atoms with Gasteiger partial charge in [0.15, 0.2) is 5.60 Å². The van der Waals surface area contributed by atoms with Crippen molar-refractivity contribution in [3.63, 3.8) is 0 Å². The number of fused-ring (bicyclic) bond motifs is 4. The van der Waals surface area contributed by atoms with Crippen LogP contribution in [-0.2, 0) is 23.8 Å². The Morgan fingerprint density at radius 1 is 1.48 bits per heavy atom. The van der Waals surface area contributed by atoms with Crippen LogP contribution in [0.4, 0.5) is 0 Å². The van der Waals surface area contributed by atoms with Crippen molar-refractivity contribution < 1.29 is 34.0 Å². The molecule has 0 aromatic carbocycles. The predicted octanol–water partition coefficient (Wildman–Crippen LogP) is 0.712. The number of esters is 2. The molecule has 0 aromatic rings. The Labute approximate surface area is 161 Å². The Kier molecular flexibility index (Phi) is 4.24. The maximum absolute atomic E-state index is 12.4. The van der Waals surface area contributed by atoms with E-state index in [4.69, 9.17) is 25.8 Å². The fraction of sp³-hybridized carbons (Fsp3) is 0.684. The molecule has 2 heterocycles. The van der Waals surface area contributed by atoms with Gasteiger partial charge in [-0.05, 0) is 19.3 Å². The van der Waals surface area contributed by atoms with Gasteiger partial charge in [0.1, 0.15) is 17.8 Å². The molecule has 4 fully saturated rings. The zero-order chi connectivity index (χ0) is 19.7. The normalized spacial score (nSPS) is 45.0. The minimum absolute atomic E-state index is 0.120. The van der Waals surface area contributed by atoms with Gasteiger partial charge in [-0.1, -0.05) is 18.7 Å². The molecule has 0 amide bonds. The second-order valence-corrected chi connectivity index (χ2v) is 8.53. The third-order valence-electron chi connectivity index (χ3n) is 6.48. The molecule has 0 radical (unpaired) electrons.